The molecular formula is C12H15ClN2O3S. The van der Waals surface area contributed by atoms with Crippen LogP contribution in [-0.2, 0) is 14.8 Å². The van der Waals surface area contributed by atoms with Crippen molar-refractivity contribution >= 4 is 21.6 Å². The van der Waals surface area contributed by atoms with E-state index in [9.17, 15) is 8.42 Å². The van der Waals surface area contributed by atoms with Crippen molar-refractivity contribution in [2.75, 3.05) is 13.7 Å². The third-order valence-electron chi connectivity index (χ3n) is 2.46. The summed E-state index contributed by atoms with van der Waals surface area (Å²) in [5, 5.41) is 8.74. The number of nitriles is 1. The Morgan fingerprint density at radius 2 is 2.21 bits per heavy atom. The Balaban J connectivity index is 2.92. The fourth-order valence-corrected chi connectivity index (χ4v) is 3.29. The maximum atomic E-state index is 12.1. The number of hydrogen-bond donors (Lipinski definition) is 1. The predicted molar refractivity (Wildman–Crippen MR) is 72.4 cm³/mol. The third kappa shape index (κ3) is 4.48. The van der Waals surface area contributed by atoms with Gasteiger partial charge in [0.05, 0.1) is 16.7 Å². The number of methoxy groups -OCH3 is 1. The van der Waals surface area contributed by atoms with Crippen LogP contribution in [0.2, 0.25) is 5.02 Å². The van der Waals surface area contributed by atoms with Crippen molar-refractivity contribution in [3.63, 3.8) is 0 Å². The molecule has 0 aliphatic heterocycles. The fourth-order valence-electron chi connectivity index (χ4n) is 1.47. The van der Waals surface area contributed by atoms with Gasteiger partial charge >= 0.3 is 0 Å². The molecule has 0 spiro atoms. The van der Waals surface area contributed by atoms with Gasteiger partial charge in [-0.3, -0.25) is 0 Å². The van der Waals surface area contributed by atoms with Gasteiger partial charge in [-0.1, -0.05) is 11.6 Å². The number of halogens is 1. The van der Waals surface area contributed by atoms with Crippen molar-refractivity contribution in [1.82, 2.24) is 4.72 Å². The van der Waals surface area contributed by atoms with Crippen molar-refractivity contribution < 1.29 is 13.2 Å². The first kappa shape index (κ1) is 15.9. The Morgan fingerprint density at radius 3 is 2.74 bits per heavy atom. The van der Waals surface area contributed by atoms with E-state index in [0.29, 0.717) is 18.6 Å². The lowest BCUT2D eigenvalue weighted by Crippen LogP contribution is -2.33. The standard InChI is InChI=1S/C12H15ClN2O3S/c1-9(5-6-18-2)15-19(16,17)12-4-3-10(8-14)7-11(12)13/h3-4,7,9,15H,5-6H2,1-2H3. The molecular weight excluding hydrogens is 288 g/mol. The molecule has 1 unspecified atom stereocenters. The van der Waals surface area contributed by atoms with Gasteiger partial charge in [0, 0.05) is 19.8 Å². The van der Waals surface area contributed by atoms with E-state index < -0.39 is 10.0 Å². The van der Waals surface area contributed by atoms with Crippen LogP contribution in [0.3, 0.4) is 0 Å². The summed E-state index contributed by atoms with van der Waals surface area (Å²) >= 11 is 5.89. The van der Waals surface area contributed by atoms with E-state index in [1.807, 2.05) is 6.07 Å². The Labute approximate surface area is 118 Å². The van der Waals surface area contributed by atoms with Crippen LogP contribution in [-0.4, -0.2) is 28.2 Å². The van der Waals surface area contributed by atoms with Gasteiger partial charge in [0.25, 0.3) is 0 Å². The van der Waals surface area contributed by atoms with Gasteiger partial charge in [0.1, 0.15) is 4.90 Å². The average molecular weight is 303 g/mol. The Morgan fingerprint density at radius 1 is 1.53 bits per heavy atom. The first-order valence-corrected chi connectivity index (χ1v) is 7.47. The van der Waals surface area contributed by atoms with Gasteiger partial charge in [-0.25, -0.2) is 13.1 Å². The Hall–Kier alpha value is -1.13. The van der Waals surface area contributed by atoms with Gasteiger partial charge in [-0.2, -0.15) is 5.26 Å². The topological polar surface area (TPSA) is 79.2 Å². The largest absolute Gasteiger partial charge is 0.385 e. The molecule has 7 heteroatoms. The van der Waals surface area contributed by atoms with Crippen LogP contribution in [0, 0.1) is 11.3 Å². The molecule has 0 aromatic heterocycles. The minimum atomic E-state index is -3.69. The molecule has 1 aromatic carbocycles. The zero-order valence-corrected chi connectivity index (χ0v) is 12.3. The van der Waals surface area contributed by atoms with Crippen molar-refractivity contribution in [2.24, 2.45) is 0 Å². The van der Waals surface area contributed by atoms with Crippen LogP contribution in [0.15, 0.2) is 23.1 Å². The number of nitrogens with zero attached hydrogens (tertiary/aromatic N) is 1. The van der Waals surface area contributed by atoms with Crippen molar-refractivity contribution in [3.8, 4) is 6.07 Å². The average Bonchev–Trinajstić information content (AvgIpc) is 2.35. The summed E-state index contributed by atoms with van der Waals surface area (Å²) in [7, 11) is -2.14. The van der Waals surface area contributed by atoms with Crippen molar-refractivity contribution in [3.05, 3.63) is 28.8 Å². The van der Waals surface area contributed by atoms with Gasteiger partial charge in [-0.15, -0.1) is 0 Å². The number of ether oxygens (including phenoxy) is 1. The van der Waals surface area contributed by atoms with Crippen LogP contribution < -0.4 is 4.72 Å². The molecule has 0 radical (unpaired) electrons. The Bertz CT molecular complexity index is 581. The molecule has 1 aromatic rings. The molecule has 0 amide bonds. The highest BCUT2D eigenvalue weighted by molar-refractivity contribution is 7.89. The summed E-state index contributed by atoms with van der Waals surface area (Å²) in [5.41, 5.74) is 0.316. The quantitative estimate of drug-likeness (QED) is 0.870. The summed E-state index contributed by atoms with van der Waals surface area (Å²) < 4.78 is 31.6. The summed E-state index contributed by atoms with van der Waals surface area (Å²) in [6.45, 7) is 2.21. The smallest absolute Gasteiger partial charge is 0.242 e. The minimum Gasteiger partial charge on any atom is -0.385 e. The van der Waals surface area contributed by atoms with E-state index in [4.69, 9.17) is 21.6 Å². The second-order valence-corrected chi connectivity index (χ2v) is 6.15. The van der Waals surface area contributed by atoms with Gasteiger partial charge in [0.15, 0.2) is 0 Å². The summed E-state index contributed by atoms with van der Waals surface area (Å²) in [6.07, 6.45) is 0.559. The summed E-state index contributed by atoms with van der Waals surface area (Å²) in [5.74, 6) is 0. The van der Waals surface area contributed by atoms with E-state index in [1.54, 1.807) is 14.0 Å². The first-order chi connectivity index (χ1) is 8.90. The molecule has 0 bridgehead atoms. The van der Waals surface area contributed by atoms with Crippen LogP contribution in [0.25, 0.3) is 0 Å². The number of hydrogen-bond acceptors (Lipinski definition) is 4. The second kappa shape index (κ2) is 6.87. The number of rotatable bonds is 6. The molecule has 0 saturated heterocycles. The van der Waals surface area contributed by atoms with E-state index >= 15 is 0 Å². The maximum Gasteiger partial charge on any atom is 0.242 e. The highest BCUT2D eigenvalue weighted by Crippen LogP contribution is 2.22. The molecule has 1 N–H and O–H groups in total. The molecule has 1 atom stereocenters. The molecule has 0 aliphatic rings. The lowest BCUT2D eigenvalue weighted by molar-refractivity contribution is 0.188. The van der Waals surface area contributed by atoms with E-state index in [0.717, 1.165) is 0 Å². The lowest BCUT2D eigenvalue weighted by atomic mass is 10.2. The summed E-state index contributed by atoms with van der Waals surface area (Å²) in [6, 6.07) is 5.70. The van der Waals surface area contributed by atoms with Crippen LogP contribution in [0.5, 0.6) is 0 Å². The third-order valence-corrected chi connectivity index (χ3v) is 4.53. The fraction of sp³-hybridized carbons (Fsp3) is 0.417. The van der Waals surface area contributed by atoms with Crippen molar-refractivity contribution in [1.29, 1.82) is 5.26 Å². The first-order valence-electron chi connectivity index (χ1n) is 5.61. The van der Waals surface area contributed by atoms with Crippen LogP contribution in [0.4, 0.5) is 0 Å². The highest BCUT2D eigenvalue weighted by Gasteiger charge is 2.20. The lowest BCUT2D eigenvalue weighted by Gasteiger charge is -2.14. The number of sulfonamides is 1. The zero-order chi connectivity index (χ0) is 14.5. The minimum absolute atomic E-state index is 0.0302. The number of nitrogens with one attached hydrogen (secondary N) is 1. The highest BCUT2D eigenvalue weighted by atomic mass is 35.5. The molecule has 0 heterocycles. The van der Waals surface area contributed by atoms with Gasteiger partial charge in [-0.05, 0) is 31.5 Å². The molecule has 5 nitrogen and oxygen atoms in total. The van der Waals surface area contributed by atoms with Gasteiger partial charge < -0.3 is 4.74 Å². The second-order valence-electron chi connectivity index (χ2n) is 4.06. The molecule has 1 rings (SSSR count). The van der Waals surface area contributed by atoms with E-state index in [2.05, 4.69) is 4.72 Å². The summed E-state index contributed by atoms with van der Waals surface area (Å²) in [4.78, 5) is -0.0302. The predicted octanol–water partition coefficient (Wildman–Crippen LogP) is 1.91. The normalized spacial score (nSPS) is 12.9. The Kier molecular flexibility index (Phi) is 5.76. The maximum absolute atomic E-state index is 12.1. The molecule has 104 valence electrons. The van der Waals surface area contributed by atoms with E-state index in [1.165, 1.54) is 18.2 Å². The molecule has 19 heavy (non-hydrogen) atoms. The number of benzene rings is 1. The molecule has 0 aliphatic carbocycles. The van der Waals surface area contributed by atoms with E-state index in [-0.39, 0.29) is 16.0 Å². The monoisotopic (exact) mass is 302 g/mol. The van der Waals surface area contributed by atoms with Crippen molar-refractivity contribution in [2.45, 2.75) is 24.3 Å². The van der Waals surface area contributed by atoms with Gasteiger partial charge in [0.2, 0.25) is 10.0 Å². The molecule has 0 saturated carbocycles. The SMILES string of the molecule is COCCC(C)NS(=O)(=O)c1ccc(C#N)cc1Cl. The van der Waals surface area contributed by atoms with Crippen LogP contribution >= 0.6 is 11.6 Å². The van der Waals surface area contributed by atoms with Crippen LogP contribution in [0.1, 0.15) is 18.9 Å². The molecule has 0 fully saturated rings. The zero-order valence-electron chi connectivity index (χ0n) is 10.7.